The van der Waals surface area contributed by atoms with Gasteiger partial charge in [-0.15, -0.1) is 0 Å². The zero-order valence-corrected chi connectivity index (χ0v) is 74.0. The number of primary amides is 5. The number of aromatic nitrogens is 1. The fourth-order valence-corrected chi connectivity index (χ4v) is 13.5. The van der Waals surface area contributed by atoms with Gasteiger partial charge >= 0.3 is 31.8 Å². The van der Waals surface area contributed by atoms with E-state index < -0.39 is 269 Å². The number of carboxylic acids is 4. The van der Waals surface area contributed by atoms with Gasteiger partial charge in [0.1, 0.15) is 66.2 Å². The Balaban J connectivity index is 0.0000338. The van der Waals surface area contributed by atoms with Gasteiger partial charge in [0.15, 0.2) is 0 Å². The molecule has 2 heterocycles. The smallest absolute Gasteiger partial charge is 0.549 e. The van der Waals surface area contributed by atoms with E-state index in [1.807, 2.05) is 0 Å². The number of phenols is 1. The van der Waals surface area contributed by atoms with Crippen LogP contribution >= 0.6 is 11.8 Å². The summed E-state index contributed by atoms with van der Waals surface area (Å²) in [6.45, 7) is -2.64. The second-order valence-corrected chi connectivity index (χ2v) is 30.7. The molecule has 0 saturated carbocycles. The van der Waals surface area contributed by atoms with Crippen LogP contribution in [0.3, 0.4) is 0 Å². The minimum absolute atomic E-state index is 0. The molecule has 688 valence electrons. The Morgan fingerprint density at radius 2 is 0.764 bits per heavy atom. The number of benzene rings is 3. The van der Waals surface area contributed by atoms with Crippen molar-refractivity contribution in [3.63, 3.8) is 0 Å². The van der Waals surface area contributed by atoms with Gasteiger partial charge in [0.05, 0.1) is 37.4 Å². The standard InChI is InChI=1S/C79H111N21O25S.In/c1-44(71(117)95-57(35-46-12-14-48(101)15-13-46)72(118)86-39-64(106)89-58(36-47-38-85-50-11-7-6-10-49(47)50)78(124)93-55(24-33-126-2)77(123)96-59(37-66(108)109)79(125)94-56(70(84)116)34-45-8-4-3-5-9-45)87-73(119)52(17-21-61(81)103)90-75(121)54(19-23-63(83)105)92-76(122)53(18-22-62(82)104)91-74(120)51(16-20-60(80)102)88-65(107)40-97-25-27-98(41-67(110)111)29-31-100(43-69(114)115)32-30-99(28-26-97)42-68(112)113;/h3-15,38,44,51-59,85,101H,16-37,39-43H2,1-2H3,(H2,80,102)(H2,81,103)(H2,82,104)(H2,83,105)(H2,84,116)(H,86,118)(H,87,119)(H,88,107)(H,89,106)(H,90,121)(H,91,120)(H,92,122)(H,93,124)(H,94,125)(H,95,117)(H,96,123)(H,108,109)(H,110,111)(H,112,113)(H,114,115);/q;+3/p-3/t44-,51+,52+,53+,54+,55-,56-,57-,58-,59-;/m0./s1/i;1-4. The van der Waals surface area contributed by atoms with Crippen LogP contribution in [0.2, 0.25) is 0 Å². The van der Waals surface area contributed by atoms with Crippen LogP contribution in [0.1, 0.15) is 87.8 Å². The number of hydrogen-bond acceptors (Lipinski definition) is 29. The van der Waals surface area contributed by atoms with Crippen molar-refractivity contribution in [3.8, 4) is 5.75 Å². The SMILES string of the molecule is CSCC[C@H](NC(=O)[C@H](Cc1c[nH]c2ccccc12)NC(=O)CNC(=O)[C@H](Cc1ccc(O)cc1)NC(=O)[C@H](C)NC(=O)[C@@H](CCC(N)=O)NC(=O)[C@@H](CCC(N)=O)NC(=O)[C@@H](CCC(N)=O)NC(=O)[C@@H](CCC(N)=O)NC(=O)CN1CCN(CC(=O)[O-])CCN(CC(=O)[O-])CCN(CC(=O)[O-])CC1)C(=O)N[C@@H](CC(=O)O)C(=O)N[C@@H](Cc1ccccc1)C(N)=O.[111In+3]. The summed E-state index contributed by atoms with van der Waals surface area (Å²) in [6, 6.07) is 3.73. The average Bonchev–Trinajstić information content (AvgIpc) is 1.75. The molecule has 0 unspecified atom stereocenters. The molecule has 16 amide bonds. The number of aromatic amines is 1. The van der Waals surface area contributed by atoms with E-state index >= 15 is 0 Å². The molecule has 127 heavy (non-hydrogen) atoms. The number of H-pyrrole nitrogens is 1. The quantitative estimate of drug-likeness (QED) is 0.0195. The number of aliphatic carboxylic acids is 4. The van der Waals surface area contributed by atoms with Crippen molar-refractivity contribution in [1.82, 2.24) is 83.1 Å². The Kier molecular flexibility index (Phi) is 46.3. The first kappa shape index (κ1) is 107. The maximum absolute atomic E-state index is 14.6. The van der Waals surface area contributed by atoms with Gasteiger partial charge in [-0.3, -0.25) is 101 Å². The number of para-hydroxylation sites is 1. The van der Waals surface area contributed by atoms with Gasteiger partial charge in [-0.05, 0) is 85.9 Å². The van der Waals surface area contributed by atoms with Crippen molar-refractivity contribution < 1.29 is 121 Å². The zero-order chi connectivity index (χ0) is 93.3. The molecule has 3 aromatic carbocycles. The van der Waals surface area contributed by atoms with E-state index in [0.717, 1.165) is 6.92 Å². The van der Waals surface area contributed by atoms with Crippen molar-refractivity contribution >= 4 is 167 Å². The number of aromatic hydroxyl groups is 1. The number of carboxylic acid groups (broad SMARTS) is 4. The van der Waals surface area contributed by atoms with Crippen LogP contribution in [0.5, 0.6) is 5.75 Å². The van der Waals surface area contributed by atoms with Gasteiger partial charge in [-0.2, -0.15) is 11.8 Å². The summed E-state index contributed by atoms with van der Waals surface area (Å²) >= 11 is 1.26. The topological polar surface area (TPSA) is 742 Å². The maximum Gasteiger partial charge on any atom is 3.00 e. The van der Waals surface area contributed by atoms with Crippen molar-refractivity contribution in [2.45, 2.75) is 151 Å². The molecule has 48 heteroatoms. The minimum Gasteiger partial charge on any atom is -0.549 e. The largest absolute Gasteiger partial charge is 3.00 e. The summed E-state index contributed by atoms with van der Waals surface area (Å²) in [7, 11) is 0. The molecule has 1 fully saturated rings. The van der Waals surface area contributed by atoms with Gasteiger partial charge in [0.25, 0.3) is 0 Å². The van der Waals surface area contributed by atoms with Gasteiger partial charge in [0.2, 0.25) is 94.5 Å². The van der Waals surface area contributed by atoms with Gasteiger partial charge in [-0.1, -0.05) is 60.7 Å². The summed E-state index contributed by atoms with van der Waals surface area (Å²) in [6.07, 6.45) is -3.47. The van der Waals surface area contributed by atoms with Crippen LogP contribution in [-0.4, -0.2) is 337 Å². The van der Waals surface area contributed by atoms with Crippen LogP contribution in [0, 0.1) is 0 Å². The molecular weight excluding hydrogens is 1790 g/mol. The fourth-order valence-electron chi connectivity index (χ4n) is 13.0. The Morgan fingerprint density at radius 1 is 0.409 bits per heavy atom. The summed E-state index contributed by atoms with van der Waals surface area (Å²) < 4.78 is 0. The van der Waals surface area contributed by atoms with Crippen LogP contribution in [0.25, 0.3) is 10.9 Å². The maximum atomic E-state index is 14.6. The molecule has 0 aliphatic carbocycles. The summed E-state index contributed by atoms with van der Waals surface area (Å²) in [5.41, 5.74) is 29.5. The molecule has 0 spiro atoms. The van der Waals surface area contributed by atoms with Crippen LogP contribution in [-0.2, 0) is 115 Å². The minimum atomic E-state index is -1.89. The van der Waals surface area contributed by atoms with E-state index in [-0.39, 0.29) is 115 Å². The Bertz CT molecular complexity index is 4480. The van der Waals surface area contributed by atoms with E-state index in [1.54, 1.807) is 67.0 Å². The summed E-state index contributed by atoms with van der Waals surface area (Å²) in [5, 5.41) is 82.3. The van der Waals surface area contributed by atoms with E-state index in [1.165, 1.54) is 55.6 Å². The van der Waals surface area contributed by atoms with Crippen molar-refractivity contribution in [3.05, 3.63) is 102 Å². The van der Waals surface area contributed by atoms with Crippen LogP contribution in [0.15, 0.2) is 85.1 Å². The first-order valence-electron chi connectivity index (χ1n) is 39.9. The van der Waals surface area contributed by atoms with Crippen molar-refractivity contribution in [1.29, 1.82) is 0 Å². The number of nitrogens with zero attached hydrogens (tertiary/aromatic N) is 4. The van der Waals surface area contributed by atoms with Crippen molar-refractivity contribution in [2.75, 3.05) is 97.1 Å². The molecule has 1 saturated heterocycles. The summed E-state index contributed by atoms with van der Waals surface area (Å²) in [4.78, 5) is 274. The molecule has 1 aromatic heterocycles. The number of carbonyl (C=O) groups excluding carboxylic acids is 19. The Labute approximate surface area is 751 Å². The molecule has 0 bridgehead atoms. The third kappa shape index (κ3) is 40.5. The predicted octanol–water partition coefficient (Wildman–Crippen LogP) is -12.2. The molecule has 4 aromatic rings. The molecule has 46 nitrogen and oxygen atoms in total. The van der Waals surface area contributed by atoms with E-state index in [2.05, 4.69) is 63.5 Å². The number of rotatable bonds is 53. The second-order valence-electron chi connectivity index (χ2n) is 29.8. The van der Waals surface area contributed by atoms with E-state index in [0.29, 0.717) is 27.6 Å². The molecule has 1 aliphatic heterocycles. The first-order chi connectivity index (χ1) is 59.6. The Morgan fingerprint density at radius 3 is 1.20 bits per heavy atom. The average molecular weight is 1890 g/mol. The second kappa shape index (κ2) is 55.0. The number of phenolic OH excluding ortho intramolecular Hbond substituents is 1. The molecule has 0 radical (unpaired) electrons. The number of thioether (sulfide) groups is 1. The van der Waals surface area contributed by atoms with Crippen LogP contribution < -0.4 is 102 Å². The van der Waals surface area contributed by atoms with Crippen molar-refractivity contribution in [2.24, 2.45) is 28.7 Å². The van der Waals surface area contributed by atoms with Gasteiger partial charge < -0.3 is 132 Å². The predicted molar refractivity (Wildman–Crippen MR) is 447 cm³/mol. The fraction of sp³-hybridized carbons (Fsp3) is 0.494. The third-order valence-electron chi connectivity index (χ3n) is 19.8. The monoisotopic (exact) mass is 1890 g/mol. The third-order valence-corrected chi connectivity index (χ3v) is 20.4. The van der Waals surface area contributed by atoms with E-state index in [4.69, 9.17) is 28.7 Å². The normalized spacial score (nSPS) is 15.2. The number of nitrogens with two attached hydrogens (primary N) is 5. The zero-order valence-electron chi connectivity index (χ0n) is 69.9. The summed E-state index contributed by atoms with van der Waals surface area (Å²) in [5.74, 6) is -23.1. The first-order valence-corrected chi connectivity index (χ1v) is 41.3. The number of hydrogen-bond donors (Lipinski definition) is 19. The van der Waals surface area contributed by atoms with Gasteiger partial charge in [-0.25, -0.2) is 0 Å². The number of fused-ring (bicyclic) bond motifs is 1. The number of amides is 16. The molecule has 1 aliphatic rings. The molecule has 10 atom stereocenters. The number of nitrogens with one attached hydrogen (secondary N) is 12. The molecular formula is C79H108InN21O25S. The van der Waals surface area contributed by atoms with E-state index in [9.17, 15) is 121 Å². The van der Waals surface area contributed by atoms with Crippen LogP contribution in [0.4, 0.5) is 0 Å². The molecule has 5 rings (SSSR count). The Hall–Kier alpha value is -12.5. The molecule has 24 N–H and O–H groups in total. The van der Waals surface area contributed by atoms with Gasteiger partial charge in [0, 0.05) is 134 Å². The number of carbonyl (C=O) groups is 20.